The maximum Gasteiger partial charge on any atom is 0.332 e. The molecule has 0 unspecified atom stereocenters. The SMILES string of the molecule is Nc1ccc(CCNS(=O)(=O)c2ccc(S(=O)(=O)F)cc2)cc1. The van der Waals surface area contributed by atoms with Crippen LogP contribution in [0.25, 0.3) is 0 Å². The fraction of sp³-hybridized carbons (Fsp3) is 0.143. The molecule has 2 aromatic rings. The van der Waals surface area contributed by atoms with Crippen LogP contribution in [0.2, 0.25) is 0 Å². The van der Waals surface area contributed by atoms with Gasteiger partial charge in [-0.15, -0.1) is 3.89 Å². The van der Waals surface area contributed by atoms with Crippen molar-refractivity contribution < 1.29 is 20.7 Å². The number of nitrogen functional groups attached to an aromatic ring is 1. The normalized spacial score (nSPS) is 12.2. The molecule has 9 heteroatoms. The van der Waals surface area contributed by atoms with E-state index in [2.05, 4.69) is 4.72 Å². The number of benzene rings is 2. The summed E-state index contributed by atoms with van der Waals surface area (Å²) in [6, 6.07) is 10.9. The quantitative estimate of drug-likeness (QED) is 0.600. The minimum atomic E-state index is -4.85. The second-order valence-corrected chi connectivity index (χ2v) is 7.91. The number of hydrogen-bond acceptors (Lipinski definition) is 5. The number of sulfonamides is 1. The van der Waals surface area contributed by atoms with Gasteiger partial charge >= 0.3 is 10.2 Å². The van der Waals surface area contributed by atoms with Gasteiger partial charge in [-0.05, 0) is 48.4 Å². The minimum Gasteiger partial charge on any atom is -0.399 e. The molecular weight excluding hydrogens is 343 g/mol. The molecule has 0 spiro atoms. The Kier molecular flexibility index (Phi) is 5.03. The van der Waals surface area contributed by atoms with Crippen LogP contribution in [-0.4, -0.2) is 23.4 Å². The molecule has 6 nitrogen and oxygen atoms in total. The molecule has 23 heavy (non-hydrogen) atoms. The van der Waals surface area contributed by atoms with Crippen LogP contribution in [-0.2, 0) is 26.7 Å². The second kappa shape index (κ2) is 6.65. The van der Waals surface area contributed by atoms with E-state index in [-0.39, 0.29) is 11.4 Å². The Morgan fingerprint density at radius 1 is 0.870 bits per heavy atom. The fourth-order valence-corrected chi connectivity index (χ4v) is 3.37. The van der Waals surface area contributed by atoms with Crippen molar-refractivity contribution in [1.29, 1.82) is 0 Å². The van der Waals surface area contributed by atoms with Crippen molar-refractivity contribution in [2.24, 2.45) is 0 Å². The van der Waals surface area contributed by atoms with Crippen molar-refractivity contribution in [3.63, 3.8) is 0 Å². The number of hydrogen-bond donors (Lipinski definition) is 2. The van der Waals surface area contributed by atoms with Crippen molar-refractivity contribution >= 4 is 25.9 Å². The average molecular weight is 358 g/mol. The third kappa shape index (κ3) is 4.75. The van der Waals surface area contributed by atoms with Crippen molar-refractivity contribution in [3.05, 3.63) is 54.1 Å². The van der Waals surface area contributed by atoms with Gasteiger partial charge in [-0.25, -0.2) is 13.1 Å². The average Bonchev–Trinajstić information content (AvgIpc) is 2.48. The topological polar surface area (TPSA) is 106 Å². The maximum atomic E-state index is 12.8. The standard InChI is InChI=1S/C14H15FN2O4S2/c15-22(18,19)13-5-7-14(8-6-13)23(20,21)17-10-9-11-1-3-12(16)4-2-11/h1-8,17H,9-10,16H2. The van der Waals surface area contributed by atoms with E-state index in [1.54, 1.807) is 24.3 Å². The minimum absolute atomic E-state index is 0.137. The molecule has 0 saturated carbocycles. The number of nitrogens with two attached hydrogens (primary N) is 1. The van der Waals surface area contributed by atoms with Crippen molar-refractivity contribution in [1.82, 2.24) is 4.72 Å². The molecule has 2 aromatic carbocycles. The van der Waals surface area contributed by atoms with E-state index < -0.39 is 25.1 Å². The van der Waals surface area contributed by atoms with Crippen LogP contribution >= 0.6 is 0 Å². The maximum absolute atomic E-state index is 12.8. The smallest absolute Gasteiger partial charge is 0.332 e. The highest BCUT2D eigenvalue weighted by molar-refractivity contribution is 7.89. The molecule has 0 amide bonds. The lowest BCUT2D eigenvalue weighted by atomic mass is 10.1. The van der Waals surface area contributed by atoms with Crippen LogP contribution < -0.4 is 10.5 Å². The number of anilines is 1. The van der Waals surface area contributed by atoms with Gasteiger partial charge in [-0.3, -0.25) is 0 Å². The number of rotatable bonds is 6. The van der Waals surface area contributed by atoms with Gasteiger partial charge < -0.3 is 5.73 Å². The Labute approximate surface area is 134 Å². The van der Waals surface area contributed by atoms with Crippen LogP contribution in [0.1, 0.15) is 5.56 Å². The molecule has 0 saturated heterocycles. The van der Waals surface area contributed by atoms with Gasteiger partial charge in [0, 0.05) is 12.2 Å². The van der Waals surface area contributed by atoms with E-state index in [4.69, 9.17) is 5.73 Å². The summed E-state index contributed by atoms with van der Waals surface area (Å²) >= 11 is 0. The Morgan fingerprint density at radius 3 is 1.91 bits per heavy atom. The molecule has 3 N–H and O–H groups in total. The van der Waals surface area contributed by atoms with E-state index in [0.29, 0.717) is 12.1 Å². The van der Waals surface area contributed by atoms with Crippen LogP contribution in [0, 0.1) is 0 Å². The summed E-state index contributed by atoms with van der Waals surface area (Å²) in [6.45, 7) is 0.162. The molecule has 0 atom stereocenters. The summed E-state index contributed by atoms with van der Waals surface area (Å²) in [5, 5.41) is 0. The number of nitrogens with one attached hydrogen (secondary N) is 1. The van der Waals surface area contributed by atoms with Gasteiger partial charge in [0.25, 0.3) is 0 Å². The van der Waals surface area contributed by atoms with Gasteiger partial charge in [0.1, 0.15) is 0 Å². The van der Waals surface area contributed by atoms with E-state index in [1.807, 2.05) is 0 Å². The molecule has 0 fully saturated rings. The third-order valence-corrected chi connectivity index (χ3v) is 5.41. The van der Waals surface area contributed by atoms with Gasteiger partial charge in [0.15, 0.2) is 0 Å². The zero-order valence-electron chi connectivity index (χ0n) is 11.9. The Morgan fingerprint density at radius 2 is 1.39 bits per heavy atom. The van der Waals surface area contributed by atoms with Crippen LogP contribution in [0.4, 0.5) is 9.57 Å². The first-order valence-corrected chi connectivity index (χ1v) is 9.44. The largest absolute Gasteiger partial charge is 0.399 e. The van der Waals surface area contributed by atoms with Crippen molar-refractivity contribution in [3.8, 4) is 0 Å². The third-order valence-electron chi connectivity index (χ3n) is 3.10. The Balaban J connectivity index is 2.02. The molecule has 124 valence electrons. The van der Waals surface area contributed by atoms with Gasteiger partial charge in [0.2, 0.25) is 10.0 Å². The predicted octanol–water partition coefficient (Wildman–Crippen LogP) is 1.45. The first-order valence-electron chi connectivity index (χ1n) is 6.57. The molecule has 0 bridgehead atoms. The Bertz CT molecular complexity index is 877. The molecule has 0 aliphatic heterocycles. The van der Waals surface area contributed by atoms with Crippen molar-refractivity contribution in [2.45, 2.75) is 16.2 Å². The molecular formula is C14H15FN2O4S2. The second-order valence-electron chi connectivity index (χ2n) is 4.80. The molecule has 0 radical (unpaired) electrons. The molecule has 0 heterocycles. The van der Waals surface area contributed by atoms with E-state index in [1.165, 1.54) is 0 Å². The highest BCUT2D eigenvalue weighted by atomic mass is 32.3. The van der Waals surface area contributed by atoms with Crippen molar-refractivity contribution in [2.75, 3.05) is 12.3 Å². The fourth-order valence-electron chi connectivity index (χ4n) is 1.88. The zero-order valence-corrected chi connectivity index (χ0v) is 13.6. The van der Waals surface area contributed by atoms with E-state index in [0.717, 1.165) is 29.8 Å². The van der Waals surface area contributed by atoms with E-state index in [9.17, 15) is 20.7 Å². The van der Waals surface area contributed by atoms with Crippen LogP contribution in [0.5, 0.6) is 0 Å². The lowest BCUT2D eigenvalue weighted by Gasteiger charge is -2.07. The first kappa shape index (κ1) is 17.4. The van der Waals surface area contributed by atoms with Gasteiger partial charge in [-0.2, -0.15) is 8.42 Å². The lowest BCUT2D eigenvalue weighted by Crippen LogP contribution is -2.26. The van der Waals surface area contributed by atoms with Gasteiger partial charge in [0.05, 0.1) is 9.79 Å². The summed E-state index contributed by atoms with van der Waals surface area (Å²) in [5.74, 6) is 0. The first-order chi connectivity index (χ1) is 10.7. The molecule has 0 aliphatic rings. The molecule has 0 aliphatic carbocycles. The highest BCUT2D eigenvalue weighted by Gasteiger charge is 2.16. The summed E-state index contributed by atoms with van der Waals surface area (Å²) < 4.78 is 60.7. The predicted molar refractivity (Wildman–Crippen MR) is 84.5 cm³/mol. The monoisotopic (exact) mass is 358 g/mol. The van der Waals surface area contributed by atoms with Crippen LogP contribution in [0.3, 0.4) is 0 Å². The summed E-state index contributed by atoms with van der Waals surface area (Å²) in [5.41, 5.74) is 7.10. The summed E-state index contributed by atoms with van der Waals surface area (Å²) in [4.78, 5) is -0.722. The molecule has 0 aromatic heterocycles. The number of halogens is 1. The summed E-state index contributed by atoms with van der Waals surface area (Å²) in [7, 11) is -8.64. The highest BCUT2D eigenvalue weighted by Crippen LogP contribution is 2.16. The Hall–Kier alpha value is -1.97. The summed E-state index contributed by atoms with van der Waals surface area (Å²) in [6.07, 6.45) is 0.469. The zero-order chi connectivity index (χ0) is 17.1. The van der Waals surface area contributed by atoms with E-state index >= 15 is 0 Å². The van der Waals surface area contributed by atoms with Gasteiger partial charge in [-0.1, -0.05) is 12.1 Å². The molecule has 2 rings (SSSR count). The van der Waals surface area contributed by atoms with Crippen LogP contribution in [0.15, 0.2) is 58.3 Å². The lowest BCUT2D eigenvalue weighted by molar-refractivity contribution is 0.551.